The number of aryl methyl sites for hydroxylation is 2. The molecule has 6 heteroatoms. The van der Waals surface area contributed by atoms with Crippen LogP contribution in [-0.4, -0.2) is 29.8 Å². The predicted octanol–water partition coefficient (Wildman–Crippen LogP) is 2.83. The molecule has 0 spiro atoms. The van der Waals surface area contributed by atoms with Gasteiger partial charge in [-0.1, -0.05) is 0 Å². The quantitative estimate of drug-likeness (QED) is 0.858. The molecule has 1 amide bonds. The minimum absolute atomic E-state index is 0.224. The van der Waals surface area contributed by atoms with Crippen molar-refractivity contribution in [3.05, 3.63) is 23.0 Å². The van der Waals surface area contributed by atoms with Crippen molar-refractivity contribution < 1.29 is 19.1 Å². The Morgan fingerprint density at radius 3 is 2.50 bits per heavy atom. The maximum Gasteiger partial charge on any atom is 0.411 e. The van der Waals surface area contributed by atoms with E-state index in [0.29, 0.717) is 22.6 Å². The number of aromatic nitrogens is 1. The average Bonchev–Trinajstić information content (AvgIpc) is 2.31. The highest BCUT2D eigenvalue weighted by atomic mass is 16.6. The standard InChI is InChI=1S/C14H20N2O4/c1-6-19-13(17)11-7-12(10(5)15-9(11)4)16-14(18)20-8(2)3/h7-8H,6H2,1-5H3,(H,16,18). The van der Waals surface area contributed by atoms with Crippen LogP contribution in [-0.2, 0) is 9.47 Å². The smallest absolute Gasteiger partial charge is 0.411 e. The fourth-order valence-electron chi connectivity index (χ4n) is 1.62. The Kier molecular flexibility index (Phi) is 5.49. The second kappa shape index (κ2) is 6.88. The number of hydrogen-bond donors (Lipinski definition) is 1. The largest absolute Gasteiger partial charge is 0.462 e. The van der Waals surface area contributed by atoms with Crippen LogP contribution in [0, 0.1) is 13.8 Å². The Balaban J connectivity index is 2.99. The maximum absolute atomic E-state index is 11.8. The van der Waals surface area contributed by atoms with Crippen molar-refractivity contribution in [3.8, 4) is 0 Å². The lowest BCUT2D eigenvalue weighted by molar-refractivity contribution is 0.0524. The first kappa shape index (κ1) is 15.9. The zero-order chi connectivity index (χ0) is 15.3. The lowest BCUT2D eigenvalue weighted by Crippen LogP contribution is -2.19. The molecule has 0 fully saturated rings. The van der Waals surface area contributed by atoms with Gasteiger partial charge >= 0.3 is 12.1 Å². The number of nitrogens with zero attached hydrogens (tertiary/aromatic N) is 1. The summed E-state index contributed by atoms with van der Waals surface area (Å²) in [6.07, 6.45) is -0.804. The molecular formula is C14H20N2O4. The second-order valence-corrected chi connectivity index (χ2v) is 4.55. The molecule has 1 aromatic heterocycles. The van der Waals surface area contributed by atoms with E-state index in [1.807, 2.05) is 0 Å². The lowest BCUT2D eigenvalue weighted by atomic mass is 10.1. The molecule has 0 aliphatic heterocycles. The number of amides is 1. The van der Waals surface area contributed by atoms with Crippen LogP contribution in [0.15, 0.2) is 6.07 Å². The van der Waals surface area contributed by atoms with E-state index in [9.17, 15) is 9.59 Å². The van der Waals surface area contributed by atoms with Crippen molar-refractivity contribution in [2.75, 3.05) is 11.9 Å². The molecule has 0 saturated heterocycles. The van der Waals surface area contributed by atoms with Gasteiger partial charge in [-0.15, -0.1) is 0 Å². The van der Waals surface area contributed by atoms with Gasteiger partial charge in [0.2, 0.25) is 0 Å². The van der Waals surface area contributed by atoms with E-state index in [0.717, 1.165) is 0 Å². The number of rotatable bonds is 4. The van der Waals surface area contributed by atoms with Gasteiger partial charge in [0.1, 0.15) is 0 Å². The third-order valence-corrected chi connectivity index (χ3v) is 2.48. The minimum atomic E-state index is -0.580. The summed E-state index contributed by atoms with van der Waals surface area (Å²) in [5.74, 6) is -0.460. The number of ether oxygens (including phenoxy) is 2. The molecule has 0 aliphatic rings. The Hall–Kier alpha value is -2.11. The average molecular weight is 280 g/mol. The summed E-state index contributed by atoms with van der Waals surface area (Å²) in [6.45, 7) is 8.98. The van der Waals surface area contributed by atoms with Gasteiger partial charge in [0.25, 0.3) is 0 Å². The van der Waals surface area contributed by atoms with Crippen molar-refractivity contribution in [3.63, 3.8) is 0 Å². The van der Waals surface area contributed by atoms with Crippen molar-refractivity contribution in [1.29, 1.82) is 0 Å². The van der Waals surface area contributed by atoms with E-state index in [-0.39, 0.29) is 12.7 Å². The summed E-state index contributed by atoms with van der Waals surface area (Å²) in [4.78, 5) is 27.6. The Morgan fingerprint density at radius 1 is 1.30 bits per heavy atom. The number of pyridine rings is 1. The van der Waals surface area contributed by atoms with Crippen LogP contribution in [0.25, 0.3) is 0 Å². The van der Waals surface area contributed by atoms with Gasteiger partial charge in [0, 0.05) is 0 Å². The van der Waals surface area contributed by atoms with Crippen LogP contribution in [0.1, 0.15) is 42.5 Å². The van der Waals surface area contributed by atoms with Crippen LogP contribution < -0.4 is 5.32 Å². The highest BCUT2D eigenvalue weighted by Crippen LogP contribution is 2.19. The monoisotopic (exact) mass is 280 g/mol. The molecule has 0 saturated carbocycles. The minimum Gasteiger partial charge on any atom is -0.462 e. The summed E-state index contributed by atoms with van der Waals surface area (Å²) in [5.41, 5.74) is 1.93. The first-order chi connectivity index (χ1) is 9.35. The fourth-order valence-corrected chi connectivity index (χ4v) is 1.62. The molecule has 1 N–H and O–H groups in total. The molecule has 0 bridgehead atoms. The molecule has 0 unspecified atom stereocenters. The number of esters is 1. The lowest BCUT2D eigenvalue weighted by Gasteiger charge is -2.13. The third kappa shape index (κ3) is 4.22. The van der Waals surface area contributed by atoms with Gasteiger partial charge in [-0.2, -0.15) is 0 Å². The molecule has 0 aromatic carbocycles. The van der Waals surface area contributed by atoms with Crippen LogP contribution in [0.5, 0.6) is 0 Å². The first-order valence-electron chi connectivity index (χ1n) is 6.48. The summed E-state index contributed by atoms with van der Waals surface area (Å²) in [6, 6.07) is 1.55. The Labute approximate surface area is 118 Å². The van der Waals surface area contributed by atoms with Gasteiger partial charge in [-0.05, 0) is 40.7 Å². The van der Waals surface area contributed by atoms with Crippen molar-refractivity contribution in [2.45, 2.75) is 40.7 Å². The number of nitrogens with one attached hydrogen (secondary N) is 1. The summed E-state index contributed by atoms with van der Waals surface area (Å²) in [7, 11) is 0. The molecule has 0 atom stereocenters. The molecule has 6 nitrogen and oxygen atoms in total. The van der Waals surface area contributed by atoms with Crippen LogP contribution in [0.4, 0.5) is 10.5 Å². The fraction of sp³-hybridized carbons (Fsp3) is 0.500. The summed E-state index contributed by atoms with van der Waals surface area (Å²) < 4.78 is 9.94. The Bertz CT molecular complexity index is 512. The van der Waals surface area contributed by atoms with E-state index in [1.165, 1.54) is 0 Å². The van der Waals surface area contributed by atoms with Gasteiger partial charge in [-0.25, -0.2) is 9.59 Å². The predicted molar refractivity (Wildman–Crippen MR) is 74.9 cm³/mol. The second-order valence-electron chi connectivity index (χ2n) is 4.55. The van der Waals surface area contributed by atoms with Crippen LogP contribution in [0.2, 0.25) is 0 Å². The van der Waals surface area contributed by atoms with E-state index in [4.69, 9.17) is 9.47 Å². The molecule has 1 rings (SSSR count). The zero-order valence-electron chi connectivity index (χ0n) is 12.4. The topological polar surface area (TPSA) is 77.5 Å². The van der Waals surface area contributed by atoms with E-state index < -0.39 is 12.1 Å². The molecule has 1 heterocycles. The summed E-state index contributed by atoms with van der Waals surface area (Å²) >= 11 is 0. The van der Waals surface area contributed by atoms with Gasteiger partial charge in [-0.3, -0.25) is 10.3 Å². The van der Waals surface area contributed by atoms with Crippen molar-refractivity contribution >= 4 is 17.7 Å². The van der Waals surface area contributed by atoms with Gasteiger partial charge in [0.05, 0.1) is 35.3 Å². The Morgan fingerprint density at radius 2 is 1.95 bits per heavy atom. The van der Waals surface area contributed by atoms with Gasteiger partial charge < -0.3 is 9.47 Å². The number of anilines is 1. The third-order valence-electron chi connectivity index (χ3n) is 2.48. The number of hydrogen-bond acceptors (Lipinski definition) is 5. The summed E-state index contributed by atoms with van der Waals surface area (Å²) in [5, 5.41) is 2.57. The molecule has 1 aromatic rings. The molecule has 110 valence electrons. The normalized spacial score (nSPS) is 10.3. The molecule has 20 heavy (non-hydrogen) atoms. The molecular weight excluding hydrogens is 260 g/mol. The van der Waals surface area contributed by atoms with Crippen LogP contribution in [0.3, 0.4) is 0 Å². The number of carbonyl (C=O) groups is 2. The van der Waals surface area contributed by atoms with Crippen LogP contribution >= 0.6 is 0 Å². The number of carbonyl (C=O) groups excluding carboxylic acids is 2. The molecule has 0 radical (unpaired) electrons. The van der Waals surface area contributed by atoms with E-state index in [2.05, 4.69) is 10.3 Å². The van der Waals surface area contributed by atoms with E-state index in [1.54, 1.807) is 40.7 Å². The van der Waals surface area contributed by atoms with Gasteiger partial charge in [0.15, 0.2) is 0 Å². The highest BCUT2D eigenvalue weighted by molar-refractivity contribution is 5.93. The highest BCUT2D eigenvalue weighted by Gasteiger charge is 2.16. The van der Waals surface area contributed by atoms with Crippen molar-refractivity contribution in [1.82, 2.24) is 4.98 Å². The van der Waals surface area contributed by atoms with Crippen molar-refractivity contribution in [2.24, 2.45) is 0 Å². The maximum atomic E-state index is 11.8. The first-order valence-corrected chi connectivity index (χ1v) is 6.48. The van der Waals surface area contributed by atoms with E-state index >= 15 is 0 Å². The zero-order valence-corrected chi connectivity index (χ0v) is 12.4. The SMILES string of the molecule is CCOC(=O)c1cc(NC(=O)OC(C)C)c(C)nc1C. The molecule has 0 aliphatic carbocycles.